The minimum atomic E-state index is 0. The summed E-state index contributed by atoms with van der Waals surface area (Å²) < 4.78 is 0. The molecule has 0 aliphatic carbocycles. The molecule has 0 saturated carbocycles. The van der Waals surface area contributed by atoms with Gasteiger partial charge in [-0.15, -0.1) is 9.24 Å². The normalized spacial score (nSPS) is 7.92. The number of rotatable bonds is 2. The average Bonchev–Trinajstić information content (AvgIpc) is 2.08. The van der Waals surface area contributed by atoms with E-state index in [4.69, 9.17) is 0 Å². The fourth-order valence-electron chi connectivity index (χ4n) is 0.703. The van der Waals surface area contributed by atoms with Crippen LogP contribution >= 0.6 is 9.24 Å². The maximum atomic E-state index is 3.11. The maximum absolute atomic E-state index is 3.11. The predicted octanol–water partition coefficient (Wildman–Crippen LogP) is 1.80. The first-order valence-electron chi connectivity index (χ1n) is 4.32. The van der Waals surface area contributed by atoms with Crippen molar-refractivity contribution >= 4 is 14.5 Å². The molecule has 1 rings (SSSR count). The van der Waals surface area contributed by atoms with Crippen LogP contribution in [0.15, 0.2) is 30.3 Å². The number of hydrogen-bond donors (Lipinski definition) is 1. The van der Waals surface area contributed by atoms with Crippen LogP contribution in [0.2, 0.25) is 0 Å². The summed E-state index contributed by atoms with van der Waals surface area (Å²) >= 11 is 0. The molecule has 0 bridgehead atoms. The average molecular weight is 284 g/mol. The van der Waals surface area contributed by atoms with Crippen LogP contribution in [0.3, 0.4) is 0 Å². The van der Waals surface area contributed by atoms with Crippen molar-refractivity contribution in [1.82, 2.24) is 5.32 Å². The van der Waals surface area contributed by atoms with Gasteiger partial charge in [-0.3, -0.25) is 0 Å². The van der Waals surface area contributed by atoms with Gasteiger partial charge in [0.15, 0.2) is 0 Å². The molecule has 1 aromatic carbocycles. The van der Waals surface area contributed by atoms with Crippen LogP contribution in [0.1, 0.15) is 13.8 Å². The van der Waals surface area contributed by atoms with Gasteiger partial charge in [-0.1, -0.05) is 44.2 Å². The van der Waals surface area contributed by atoms with E-state index in [9.17, 15) is 0 Å². The van der Waals surface area contributed by atoms with E-state index in [1.807, 2.05) is 30.3 Å². The Morgan fingerprint density at radius 2 is 1.54 bits per heavy atom. The van der Waals surface area contributed by atoms with E-state index in [0.717, 1.165) is 13.1 Å². The van der Waals surface area contributed by atoms with Gasteiger partial charge in [0.05, 0.1) is 0 Å². The van der Waals surface area contributed by atoms with Crippen LogP contribution in [0.5, 0.6) is 0 Å². The summed E-state index contributed by atoms with van der Waals surface area (Å²) in [5, 5.41) is 4.35. The molecule has 1 aromatic rings. The minimum Gasteiger partial charge on any atom is -0.317 e. The zero-order chi connectivity index (χ0) is 9.23. The molecule has 0 saturated heterocycles. The number of benzene rings is 1. The van der Waals surface area contributed by atoms with Gasteiger partial charge >= 0.3 is 0 Å². The van der Waals surface area contributed by atoms with Crippen molar-refractivity contribution in [3.63, 3.8) is 0 Å². The third-order valence-electron chi connectivity index (χ3n) is 1.30. The molecule has 0 amide bonds. The van der Waals surface area contributed by atoms with E-state index >= 15 is 0 Å². The minimum absolute atomic E-state index is 0. The number of nitrogens with one attached hydrogen (secondary N) is 1. The van der Waals surface area contributed by atoms with Crippen LogP contribution in [-0.2, 0) is 19.5 Å². The smallest absolute Gasteiger partial charge is 0 e. The zero-order valence-electron chi connectivity index (χ0n) is 8.23. The summed E-state index contributed by atoms with van der Waals surface area (Å²) in [6.45, 7) is 6.39. The zero-order valence-corrected chi connectivity index (χ0v) is 11.1. The Morgan fingerprint density at radius 3 is 1.69 bits per heavy atom. The van der Waals surface area contributed by atoms with Crippen molar-refractivity contribution in [1.29, 1.82) is 0 Å². The molecule has 0 spiro atoms. The first-order valence-corrected chi connectivity index (χ1v) is 4.90. The Balaban J connectivity index is 0. The van der Waals surface area contributed by atoms with Gasteiger partial charge in [0.2, 0.25) is 0 Å². The molecule has 13 heavy (non-hydrogen) atoms. The number of hydrogen-bond acceptors (Lipinski definition) is 1. The standard InChI is InChI=1S/C6H7P.C4H11N.Ru/c7-6-4-2-1-3-5-6;1-3-5-4-2;/h1-5H,7H2;5H,3-4H2,1-2H3;. The molecule has 0 heterocycles. The van der Waals surface area contributed by atoms with E-state index in [1.54, 1.807) is 0 Å². The van der Waals surface area contributed by atoms with Gasteiger partial charge in [-0.25, -0.2) is 0 Å². The molecule has 1 nitrogen and oxygen atoms in total. The Morgan fingerprint density at radius 1 is 1.08 bits per heavy atom. The molecular formula is C10H18NPRu. The molecule has 1 unspecified atom stereocenters. The third kappa shape index (κ3) is 12.2. The van der Waals surface area contributed by atoms with Crippen LogP contribution in [0.25, 0.3) is 0 Å². The SMILES string of the molecule is CCNCC.Pc1ccccc1.[Ru]. The van der Waals surface area contributed by atoms with Gasteiger partial charge in [-0.2, -0.15) is 0 Å². The fraction of sp³-hybridized carbons (Fsp3) is 0.400. The second-order valence-electron chi connectivity index (χ2n) is 2.37. The molecule has 0 aliphatic heterocycles. The van der Waals surface area contributed by atoms with Crippen molar-refractivity contribution in [3.8, 4) is 0 Å². The second kappa shape index (κ2) is 12.2. The van der Waals surface area contributed by atoms with Gasteiger partial charge in [-0.05, 0) is 18.4 Å². The summed E-state index contributed by atoms with van der Waals surface area (Å²) in [5.41, 5.74) is 0. The van der Waals surface area contributed by atoms with Crippen LogP contribution in [-0.4, -0.2) is 13.1 Å². The predicted molar refractivity (Wildman–Crippen MR) is 60.0 cm³/mol. The first-order chi connectivity index (χ1) is 5.81. The Kier molecular flexibility index (Phi) is 14.8. The summed E-state index contributed by atoms with van der Waals surface area (Å²) in [5.74, 6) is 0. The summed E-state index contributed by atoms with van der Waals surface area (Å²) in [6.07, 6.45) is 0. The topological polar surface area (TPSA) is 12.0 Å². The van der Waals surface area contributed by atoms with E-state index in [1.165, 1.54) is 5.30 Å². The van der Waals surface area contributed by atoms with Crippen molar-refractivity contribution in [2.45, 2.75) is 13.8 Å². The van der Waals surface area contributed by atoms with E-state index < -0.39 is 0 Å². The van der Waals surface area contributed by atoms with Crippen molar-refractivity contribution in [3.05, 3.63) is 30.3 Å². The summed E-state index contributed by atoms with van der Waals surface area (Å²) in [4.78, 5) is 0. The summed E-state index contributed by atoms with van der Waals surface area (Å²) in [7, 11) is 2.63. The molecular weight excluding hydrogens is 266 g/mol. The molecule has 3 heteroatoms. The van der Waals surface area contributed by atoms with Crippen LogP contribution in [0.4, 0.5) is 0 Å². The quantitative estimate of drug-likeness (QED) is 0.645. The molecule has 0 aromatic heterocycles. The van der Waals surface area contributed by atoms with Crippen molar-refractivity contribution in [2.75, 3.05) is 13.1 Å². The Bertz CT molecular complexity index is 178. The molecule has 0 aliphatic rings. The van der Waals surface area contributed by atoms with Crippen LogP contribution < -0.4 is 10.6 Å². The third-order valence-corrected chi connectivity index (χ3v) is 1.68. The molecule has 1 N–H and O–H groups in total. The van der Waals surface area contributed by atoms with Crippen molar-refractivity contribution < 1.29 is 19.5 Å². The van der Waals surface area contributed by atoms with E-state index in [2.05, 4.69) is 28.4 Å². The second-order valence-corrected chi connectivity index (χ2v) is 3.03. The van der Waals surface area contributed by atoms with E-state index in [-0.39, 0.29) is 19.5 Å². The molecule has 76 valence electrons. The largest absolute Gasteiger partial charge is 0.317 e. The fourth-order valence-corrected chi connectivity index (χ4v) is 0.925. The Labute approximate surface area is 96.7 Å². The van der Waals surface area contributed by atoms with Crippen molar-refractivity contribution in [2.24, 2.45) is 0 Å². The van der Waals surface area contributed by atoms with Gasteiger partial charge in [0, 0.05) is 19.5 Å². The van der Waals surface area contributed by atoms with Gasteiger partial charge in [0.25, 0.3) is 0 Å². The first kappa shape index (κ1) is 15.7. The Hall–Kier alpha value is 0.233. The summed E-state index contributed by atoms with van der Waals surface area (Å²) in [6, 6.07) is 10.1. The van der Waals surface area contributed by atoms with Gasteiger partial charge < -0.3 is 5.32 Å². The van der Waals surface area contributed by atoms with Crippen LogP contribution in [0, 0.1) is 0 Å². The maximum Gasteiger partial charge on any atom is 0 e. The monoisotopic (exact) mass is 285 g/mol. The van der Waals surface area contributed by atoms with Gasteiger partial charge in [0.1, 0.15) is 0 Å². The molecule has 0 radical (unpaired) electrons. The molecule has 0 fully saturated rings. The van der Waals surface area contributed by atoms with E-state index in [0.29, 0.717) is 0 Å². The molecule has 1 atom stereocenters.